The highest BCUT2D eigenvalue weighted by Crippen LogP contribution is 2.23. The van der Waals surface area contributed by atoms with Gasteiger partial charge in [-0.2, -0.15) is 0 Å². The van der Waals surface area contributed by atoms with Crippen LogP contribution in [-0.4, -0.2) is 0 Å². The Labute approximate surface area is 60.1 Å². The molecule has 0 aliphatic carbocycles. The van der Waals surface area contributed by atoms with Crippen LogP contribution in [0.15, 0.2) is 20.1 Å². The highest BCUT2D eigenvalue weighted by molar-refractivity contribution is 9.10. The van der Waals surface area contributed by atoms with Crippen molar-refractivity contribution in [2.45, 2.75) is 4.90 Å². The fourth-order valence-electron chi connectivity index (χ4n) is 0.270. The van der Waals surface area contributed by atoms with Gasteiger partial charge in [-0.05, 0) is 15.9 Å². The van der Waals surface area contributed by atoms with Crippen LogP contribution in [0.4, 0.5) is 0 Å². The molecule has 0 fully saturated rings. The van der Waals surface area contributed by atoms with Gasteiger partial charge in [0, 0.05) is 15.2 Å². The van der Waals surface area contributed by atoms with E-state index in [0.717, 1.165) is 9.37 Å². The zero-order valence-corrected chi connectivity index (χ0v) is 6.57. The van der Waals surface area contributed by atoms with E-state index in [2.05, 4.69) is 15.9 Å². The van der Waals surface area contributed by atoms with Gasteiger partial charge in [0.1, 0.15) is 0 Å². The Bertz CT molecular complexity index is 142. The molecule has 0 aliphatic rings. The molecule has 0 aliphatic heterocycles. The first-order chi connectivity index (χ1) is 3.30. The maximum absolute atomic E-state index is 4.85. The van der Waals surface area contributed by atoms with Gasteiger partial charge in [-0.1, -0.05) is 12.6 Å². The normalized spacial score (nSPS) is 9.29. The summed E-state index contributed by atoms with van der Waals surface area (Å²) in [6.45, 7) is 0. The molecule has 7 heavy (non-hydrogen) atoms. The third-order valence-corrected chi connectivity index (χ3v) is 3.03. The average molecular weight is 194 g/mol. The molecule has 37 valence electrons. The third-order valence-electron chi connectivity index (χ3n) is 0.582. The predicted molar refractivity (Wildman–Crippen MR) is 37.9 cm³/mol. The summed E-state index contributed by atoms with van der Waals surface area (Å²) in [4.78, 5) is 0.907. The molecule has 1 heterocycles. The zero-order chi connectivity index (χ0) is 5.28. The number of hydrogen-bond donors (Lipinski definition) is 0. The Balaban J connectivity index is 3.12. The lowest BCUT2D eigenvalue weighted by molar-refractivity contribution is 1.55. The van der Waals surface area contributed by atoms with Crippen LogP contribution in [0, 0.1) is 0 Å². The first-order valence-electron chi connectivity index (χ1n) is 1.69. The van der Waals surface area contributed by atoms with E-state index in [4.69, 9.17) is 12.6 Å². The Kier molecular flexibility index (Phi) is 1.67. The number of hydrogen-bond acceptors (Lipinski definition) is 1. The maximum Gasteiger partial charge on any atom is 0.0626 e. The minimum Gasteiger partial charge on any atom is -0.150 e. The van der Waals surface area contributed by atoms with Crippen LogP contribution in [0.25, 0.3) is 0 Å². The molecule has 0 amide bonds. The largest absolute Gasteiger partial charge is 0.150 e. The lowest BCUT2D eigenvalue weighted by Crippen LogP contribution is -1.48. The molecule has 1 radical (unpaired) electrons. The van der Waals surface area contributed by atoms with Crippen molar-refractivity contribution >= 4 is 39.9 Å². The van der Waals surface area contributed by atoms with Gasteiger partial charge in [-0.15, -0.1) is 11.3 Å². The molecule has 0 N–H and O–H groups in total. The van der Waals surface area contributed by atoms with Crippen molar-refractivity contribution in [2.75, 3.05) is 0 Å². The van der Waals surface area contributed by atoms with Gasteiger partial charge in [-0.3, -0.25) is 0 Å². The molecule has 0 saturated heterocycles. The first-order valence-corrected chi connectivity index (χ1v) is 3.84. The van der Waals surface area contributed by atoms with Gasteiger partial charge >= 0.3 is 0 Å². The zero-order valence-electron chi connectivity index (χ0n) is 3.35. The van der Waals surface area contributed by atoms with Crippen LogP contribution >= 0.6 is 39.9 Å². The molecule has 0 unspecified atom stereocenters. The van der Waals surface area contributed by atoms with Gasteiger partial charge < -0.3 is 0 Å². The van der Waals surface area contributed by atoms with E-state index in [-0.39, 0.29) is 0 Å². The highest BCUT2D eigenvalue weighted by Gasteiger charge is 1.91. The minimum absolute atomic E-state index is 0.907. The number of rotatable bonds is 0. The molecule has 1 aromatic heterocycles. The Morgan fingerprint density at radius 3 is 2.43 bits per heavy atom. The molecule has 3 heteroatoms. The van der Waals surface area contributed by atoms with Gasteiger partial charge in [-0.25, -0.2) is 0 Å². The second-order valence-corrected chi connectivity index (χ2v) is 3.12. The van der Waals surface area contributed by atoms with Crippen molar-refractivity contribution in [1.29, 1.82) is 0 Å². The first kappa shape index (κ1) is 5.54. The molecule has 0 spiro atoms. The fraction of sp³-hybridized carbons (Fsp3) is 0. The van der Waals surface area contributed by atoms with E-state index < -0.39 is 0 Å². The van der Waals surface area contributed by atoms with Gasteiger partial charge in [0.05, 0.1) is 4.90 Å². The van der Waals surface area contributed by atoms with Crippen molar-refractivity contribution in [3.63, 3.8) is 0 Å². The fourth-order valence-corrected chi connectivity index (χ4v) is 1.72. The van der Waals surface area contributed by atoms with E-state index >= 15 is 0 Å². The SMILES string of the molecule is [S]c1cscc1Br. The summed E-state index contributed by atoms with van der Waals surface area (Å²) in [6, 6.07) is 0. The van der Waals surface area contributed by atoms with Crippen molar-refractivity contribution in [3.05, 3.63) is 15.2 Å². The summed E-state index contributed by atoms with van der Waals surface area (Å²) in [5.74, 6) is 0. The molecule has 0 aromatic carbocycles. The number of thiophene rings is 1. The monoisotopic (exact) mass is 193 g/mol. The lowest BCUT2D eigenvalue weighted by Gasteiger charge is -1.74. The van der Waals surface area contributed by atoms with Crippen molar-refractivity contribution in [3.8, 4) is 0 Å². The van der Waals surface area contributed by atoms with Gasteiger partial charge in [0.15, 0.2) is 0 Å². The van der Waals surface area contributed by atoms with E-state index in [0.29, 0.717) is 0 Å². The molecular weight excluding hydrogens is 192 g/mol. The summed E-state index contributed by atoms with van der Waals surface area (Å²) in [5.41, 5.74) is 0. The average Bonchev–Trinajstić information content (AvgIpc) is 1.91. The Hall–Kier alpha value is 0.400. The smallest absolute Gasteiger partial charge is 0.0626 e. The van der Waals surface area contributed by atoms with Crippen LogP contribution in [0.3, 0.4) is 0 Å². The quantitative estimate of drug-likeness (QED) is 0.595. The lowest BCUT2D eigenvalue weighted by atomic mass is 10.7. The highest BCUT2D eigenvalue weighted by atomic mass is 79.9. The summed E-state index contributed by atoms with van der Waals surface area (Å²) < 4.78 is 1.03. The molecule has 0 bridgehead atoms. The van der Waals surface area contributed by atoms with Crippen LogP contribution in [0.5, 0.6) is 0 Å². The van der Waals surface area contributed by atoms with E-state index in [9.17, 15) is 0 Å². The minimum atomic E-state index is 0.907. The van der Waals surface area contributed by atoms with Crippen LogP contribution in [0.2, 0.25) is 0 Å². The van der Waals surface area contributed by atoms with E-state index in [1.165, 1.54) is 0 Å². The van der Waals surface area contributed by atoms with Gasteiger partial charge in [0.2, 0.25) is 0 Å². The van der Waals surface area contributed by atoms with Gasteiger partial charge in [0.25, 0.3) is 0 Å². The van der Waals surface area contributed by atoms with Crippen LogP contribution < -0.4 is 0 Å². The van der Waals surface area contributed by atoms with Crippen molar-refractivity contribution in [2.24, 2.45) is 0 Å². The molecule has 1 rings (SSSR count). The van der Waals surface area contributed by atoms with Crippen molar-refractivity contribution < 1.29 is 0 Å². The maximum atomic E-state index is 4.85. The molecule has 0 nitrogen and oxygen atoms in total. The number of halogens is 1. The second-order valence-electron chi connectivity index (χ2n) is 1.08. The second kappa shape index (κ2) is 2.11. The standard InChI is InChI=1S/C4H2BrS2/c5-3-1-7-2-4(3)6/h1-2H. The predicted octanol–water partition coefficient (Wildman–Crippen LogP) is 3.07. The summed E-state index contributed by atoms with van der Waals surface area (Å²) >= 11 is 9.74. The molecule has 0 saturated carbocycles. The summed E-state index contributed by atoms with van der Waals surface area (Å²) in [5, 5.41) is 3.90. The van der Waals surface area contributed by atoms with E-state index in [1.54, 1.807) is 11.3 Å². The Morgan fingerprint density at radius 2 is 2.29 bits per heavy atom. The molecular formula is C4H2BrS2. The van der Waals surface area contributed by atoms with Crippen LogP contribution in [-0.2, 0) is 0 Å². The molecule has 0 atom stereocenters. The summed E-state index contributed by atoms with van der Waals surface area (Å²) in [6.07, 6.45) is 0. The van der Waals surface area contributed by atoms with E-state index in [1.807, 2.05) is 10.8 Å². The third kappa shape index (κ3) is 1.15. The summed E-state index contributed by atoms with van der Waals surface area (Å²) in [7, 11) is 0. The van der Waals surface area contributed by atoms with Crippen LogP contribution in [0.1, 0.15) is 0 Å². The molecule has 1 aromatic rings. The van der Waals surface area contributed by atoms with Crippen molar-refractivity contribution in [1.82, 2.24) is 0 Å². The topological polar surface area (TPSA) is 0 Å². The Morgan fingerprint density at radius 1 is 1.57 bits per heavy atom.